The van der Waals surface area contributed by atoms with Gasteiger partial charge in [-0.05, 0) is 50.6 Å². The molecule has 0 amide bonds. The summed E-state index contributed by atoms with van der Waals surface area (Å²) in [4.78, 5) is 9.34. The van der Waals surface area contributed by atoms with Gasteiger partial charge < -0.3 is 10.2 Å². The molecule has 0 unspecified atom stereocenters. The molecule has 0 saturated carbocycles. The van der Waals surface area contributed by atoms with Gasteiger partial charge in [-0.3, -0.25) is 4.98 Å². The van der Waals surface area contributed by atoms with Crippen LogP contribution in [0.3, 0.4) is 0 Å². The van der Waals surface area contributed by atoms with Gasteiger partial charge in [0, 0.05) is 17.7 Å². The molecule has 0 aliphatic carbocycles. The van der Waals surface area contributed by atoms with Crippen LogP contribution in [0.2, 0.25) is 0 Å². The predicted octanol–water partition coefficient (Wildman–Crippen LogP) is 3.81. The van der Waals surface area contributed by atoms with Crippen molar-refractivity contribution >= 4 is 9.84 Å². The summed E-state index contributed by atoms with van der Waals surface area (Å²) < 4.78 is 30.6. The van der Waals surface area contributed by atoms with E-state index in [2.05, 4.69) is 20.2 Å². The number of rotatable bonds is 6. The molecule has 2 aromatic heterocycles. The van der Waals surface area contributed by atoms with E-state index in [1.807, 2.05) is 31.2 Å². The summed E-state index contributed by atoms with van der Waals surface area (Å²) in [6.07, 6.45) is 1.63. The van der Waals surface area contributed by atoms with Gasteiger partial charge in [-0.15, -0.1) is 10.2 Å². The summed E-state index contributed by atoms with van der Waals surface area (Å²) in [7, 11) is -3.34. The van der Waals surface area contributed by atoms with E-state index in [4.69, 9.17) is 10.2 Å². The molecule has 164 valence electrons. The van der Waals surface area contributed by atoms with Crippen LogP contribution in [0.4, 0.5) is 0 Å². The smallest absolute Gasteiger partial charge is 0.268 e. The number of aryl methyl sites for hydroxylation is 1. The number of hydrogen-bond acceptors (Lipinski definition) is 8. The van der Waals surface area contributed by atoms with Crippen LogP contribution in [0.1, 0.15) is 25.1 Å². The van der Waals surface area contributed by atoms with Crippen molar-refractivity contribution < 1.29 is 12.8 Å². The molecule has 0 atom stereocenters. The zero-order valence-electron chi connectivity index (χ0n) is 18.0. The van der Waals surface area contributed by atoms with Crippen LogP contribution in [0.25, 0.3) is 34.3 Å². The average Bonchev–Trinajstić information content (AvgIpc) is 3.29. The Kier molecular flexibility index (Phi) is 5.86. The maximum absolute atomic E-state index is 12.4. The number of aromatic nitrogens is 4. The lowest BCUT2D eigenvalue weighted by Crippen LogP contribution is -2.13. The van der Waals surface area contributed by atoms with Crippen molar-refractivity contribution in [2.75, 3.05) is 0 Å². The van der Waals surface area contributed by atoms with Crippen molar-refractivity contribution in [2.45, 2.75) is 37.5 Å². The first-order chi connectivity index (χ1) is 15.3. The standard InChI is InChI=1S/C23H23N5O3S/c1-14(2)32(29,30)19-10-8-17(9-11-19)20-13-25-15(3)21(26-20)23-28-27-22(31-23)18-6-4-16(12-24)5-7-18/h4-11,13-14H,12,24H2,1-3H3. The summed E-state index contributed by atoms with van der Waals surface area (Å²) in [6.45, 7) is 5.59. The van der Waals surface area contributed by atoms with Gasteiger partial charge in [0.2, 0.25) is 5.89 Å². The molecule has 2 N–H and O–H groups in total. The first-order valence-electron chi connectivity index (χ1n) is 10.1. The van der Waals surface area contributed by atoms with Gasteiger partial charge in [0.15, 0.2) is 9.84 Å². The maximum atomic E-state index is 12.4. The van der Waals surface area contributed by atoms with Gasteiger partial charge in [0.1, 0.15) is 5.69 Å². The second-order valence-electron chi connectivity index (χ2n) is 7.62. The summed E-state index contributed by atoms with van der Waals surface area (Å²) >= 11 is 0. The van der Waals surface area contributed by atoms with Crippen LogP contribution in [-0.4, -0.2) is 33.8 Å². The summed E-state index contributed by atoms with van der Waals surface area (Å²) in [5.41, 5.74) is 9.86. The Morgan fingerprint density at radius 2 is 1.56 bits per heavy atom. The van der Waals surface area contributed by atoms with E-state index in [9.17, 15) is 8.42 Å². The zero-order valence-corrected chi connectivity index (χ0v) is 18.8. The first-order valence-corrected chi connectivity index (χ1v) is 11.7. The Hall–Kier alpha value is -3.43. The van der Waals surface area contributed by atoms with E-state index in [0.717, 1.165) is 16.7 Å². The zero-order chi connectivity index (χ0) is 22.9. The molecule has 8 nitrogen and oxygen atoms in total. The van der Waals surface area contributed by atoms with Crippen molar-refractivity contribution in [1.29, 1.82) is 0 Å². The minimum absolute atomic E-state index is 0.258. The maximum Gasteiger partial charge on any atom is 0.268 e. The topological polar surface area (TPSA) is 125 Å². The third kappa shape index (κ3) is 4.17. The van der Waals surface area contributed by atoms with E-state index in [0.29, 0.717) is 29.5 Å². The van der Waals surface area contributed by atoms with Crippen molar-refractivity contribution in [2.24, 2.45) is 5.73 Å². The highest BCUT2D eigenvalue weighted by Gasteiger charge is 2.20. The molecule has 0 aliphatic heterocycles. The van der Waals surface area contributed by atoms with Crippen molar-refractivity contribution in [3.8, 4) is 34.3 Å². The number of hydrogen-bond donors (Lipinski definition) is 1. The second-order valence-corrected chi connectivity index (χ2v) is 10.1. The van der Waals surface area contributed by atoms with E-state index in [1.165, 1.54) is 0 Å². The summed E-state index contributed by atoms with van der Waals surface area (Å²) in [6, 6.07) is 14.2. The Morgan fingerprint density at radius 1 is 0.938 bits per heavy atom. The van der Waals surface area contributed by atoms with Crippen LogP contribution < -0.4 is 5.73 Å². The van der Waals surface area contributed by atoms with Crippen molar-refractivity contribution in [1.82, 2.24) is 20.2 Å². The SMILES string of the molecule is Cc1ncc(-c2ccc(S(=O)(=O)C(C)C)cc2)nc1-c1nnc(-c2ccc(CN)cc2)o1. The highest BCUT2D eigenvalue weighted by Crippen LogP contribution is 2.27. The van der Waals surface area contributed by atoms with Crippen LogP contribution in [0.5, 0.6) is 0 Å². The molecule has 4 rings (SSSR count). The molecular formula is C23H23N5O3S. The fourth-order valence-corrected chi connectivity index (χ4v) is 4.16. The molecule has 0 aliphatic rings. The molecular weight excluding hydrogens is 426 g/mol. The van der Waals surface area contributed by atoms with Gasteiger partial charge in [-0.2, -0.15) is 0 Å². The molecule has 0 spiro atoms. The molecule has 0 bridgehead atoms. The second kappa shape index (κ2) is 8.60. The molecule has 0 fully saturated rings. The Bertz CT molecular complexity index is 1350. The van der Waals surface area contributed by atoms with Gasteiger partial charge in [0.05, 0.1) is 27.7 Å². The van der Waals surface area contributed by atoms with E-state index in [-0.39, 0.29) is 10.8 Å². The van der Waals surface area contributed by atoms with Crippen LogP contribution in [0, 0.1) is 6.92 Å². The fourth-order valence-electron chi connectivity index (χ4n) is 3.10. The van der Waals surface area contributed by atoms with Crippen LogP contribution >= 0.6 is 0 Å². The first kappa shape index (κ1) is 21.8. The number of benzene rings is 2. The van der Waals surface area contributed by atoms with Crippen molar-refractivity contribution in [3.63, 3.8) is 0 Å². The minimum Gasteiger partial charge on any atom is -0.415 e. The molecule has 0 saturated heterocycles. The largest absolute Gasteiger partial charge is 0.415 e. The highest BCUT2D eigenvalue weighted by molar-refractivity contribution is 7.92. The average molecular weight is 450 g/mol. The Morgan fingerprint density at radius 3 is 2.19 bits per heavy atom. The predicted molar refractivity (Wildman–Crippen MR) is 121 cm³/mol. The van der Waals surface area contributed by atoms with Gasteiger partial charge in [-0.1, -0.05) is 24.3 Å². The van der Waals surface area contributed by atoms with Crippen LogP contribution in [-0.2, 0) is 16.4 Å². The summed E-state index contributed by atoms with van der Waals surface area (Å²) in [5, 5.41) is 7.79. The highest BCUT2D eigenvalue weighted by atomic mass is 32.2. The Labute approximate surface area is 186 Å². The molecule has 0 radical (unpaired) electrons. The molecule has 2 heterocycles. The normalized spacial score (nSPS) is 11.8. The van der Waals surface area contributed by atoms with Crippen LogP contribution in [0.15, 0.2) is 64.0 Å². The fraction of sp³-hybridized carbons (Fsp3) is 0.217. The number of nitrogens with zero attached hydrogens (tertiary/aromatic N) is 4. The van der Waals surface area contributed by atoms with E-state index in [1.54, 1.807) is 44.3 Å². The minimum atomic E-state index is -3.34. The summed E-state index contributed by atoms with van der Waals surface area (Å²) in [5.74, 6) is 0.632. The lowest BCUT2D eigenvalue weighted by Gasteiger charge is -2.09. The number of sulfone groups is 1. The van der Waals surface area contributed by atoms with E-state index >= 15 is 0 Å². The quantitative estimate of drug-likeness (QED) is 0.471. The lowest BCUT2D eigenvalue weighted by molar-refractivity contribution is 0.581. The van der Waals surface area contributed by atoms with Gasteiger partial charge in [-0.25, -0.2) is 13.4 Å². The molecule has 2 aromatic carbocycles. The lowest BCUT2D eigenvalue weighted by atomic mass is 10.1. The monoisotopic (exact) mass is 449 g/mol. The van der Waals surface area contributed by atoms with Gasteiger partial charge in [0.25, 0.3) is 5.89 Å². The van der Waals surface area contributed by atoms with E-state index < -0.39 is 15.1 Å². The Balaban J connectivity index is 1.66. The third-order valence-electron chi connectivity index (χ3n) is 5.12. The van der Waals surface area contributed by atoms with Gasteiger partial charge >= 0.3 is 0 Å². The number of nitrogens with two attached hydrogens (primary N) is 1. The molecule has 9 heteroatoms. The van der Waals surface area contributed by atoms with Crippen molar-refractivity contribution in [3.05, 3.63) is 66.0 Å². The molecule has 4 aromatic rings. The third-order valence-corrected chi connectivity index (χ3v) is 7.29. The molecule has 32 heavy (non-hydrogen) atoms.